The predicted molar refractivity (Wildman–Crippen MR) is 92.1 cm³/mol. The molecule has 1 N–H and O–H groups in total. The number of benzene rings is 1. The van der Waals surface area contributed by atoms with Crippen molar-refractivity contribution in [2.24, 2.45) is 0 Å². The average molecular weight is 392 g/mol. The van der Waals surface area contributed by atoms with E-state index in [0.29, 0.717) is 24.7 Å². The van der Waals surface area contributed by atoms with Crippen LogP contribution < -0.4 is 5.32 Å². The summed E-state index contributed by atoms with van der Waals surface area (Å²) in [6.07, 6.45) is 0.602. The van der Waals surface area contributed by atoms with Gasteiger partial charge in [-0.1, -0.05) is 33.2 Å². The minimum absolute atomic E-state index is 0.0451. The van der Waals surface area contributed by atoms with E-state index in [2.05, 4.69) is 31.4 Å². The fourth-order valence-electron chi connectivity index (χ4n) is 2.01. The molecular formula is C16H14BrN3O2S. The van der Waals surface area contributed by atoms with Gasteiger partial charge in [-0.05, 0) is 29.8 Å². The van der Waals surface area contributed by atoms with E-state index in [-0.39, 0.29) is 5.91 Å². The van der Waals surface area contributed by atoms with Crippen LogP contribution in [0.4, 0.5) is 0 Å². The predicted octanol–water partition coefficient (Wildman–Crippen LogP) is 3.79. The topological polar surface area (TPSA) is 68.0 Å². The first-order valence-corrected chi connectivity index (χ1v) is 8.61. The van der Waals surface area contributed by atoms with Crippen molar-refractivity contribution in [2.45, 2.75) is 19.9 Å². The molecule has 1 amide bonds. The van der Waals surface area contributed by atoms with Gasteiger partial charge in [0.15, 0.2) is 0 Å². The molecule has 1 aromatic carbocycles. The van der Waals surface area contributed by atoms with Crippen LogP contribution >= 0.6 is 27.3 Å². The lowest BCUT2D eigenvalue weighted by Crippen LogP contribution is -2.17. The maximum atomic E-state index is 10.9. The molecule has 0 atom stereocenters. The molecule has 2 heterocycles. The summed E-state index contributed by atoms with van der Waals surface area (Å²) in [5, 5.41) is 6.81. The fourth-order valence-corrected chi connectivity index (χ4v) is 3.15. The molecule has 3 aromatic rings. The van der Waals surface area contributed by atoms with Crippen molar-refractivity contribution in [2.75, 3.05) is 0 Å². The van der Waals surface area contributed by atoms with Gasteiger partial charge in [0.2, 0.25) is 17.6 Å². The summed E-state index contributed by atoms with van der Waals surface area (Å²) < 4.78 is 6.36. The lowest BCUT2D eigenvalue weighted by atomic mass is 10.1. The highest BCUT2D eigenvalue weighted by molar-refractivity contribution is 9.10. The summed E-state index contributed by atoms with van der Waals surface area (Å²) in [7, 11) is 0. The Morgan fingerprint density at radius 1 is 1.26 bits per heavy atom. The summed E-state index contributed by atoms with van der Waals surface area (Å²) >= 11 is 4.96. The number of hydrogen-bond acceptors (Lipinski definition) is 5. The Balaban J connectivity index is 1.69. The molecule has 0 radical (unpaired) electrons. The number of hydrogen-bond donors (Lipinski definition) is 1. The SMILES string of the molecule is CC(=O)NCc1ccc(-c2noc(Cc3ccc(Br)cc3)n2)s1. The van der Waals surface area contributed by atoms with E-state index in [1.165, 1.54) is 6.92 Å². The number of carbonyl (C=O) groups is 1. The van der Waals surface area contributed by atoms with Crippen molar-refractivity contribution in [3.05, 3.63) is 57.2 Å². The van der Waals surface area contributed by atoms with Crippen LogP contribution in [0.3, 0.4) is 0 Å². The van der Waals surface area contributed by atoms with Crippen LogP contribution in [-0.2, 0) is 17.8 Å². The van der Waals surface area contributed by atoms with Crippen LogP contribution in [0.1, 0.15) is 23.3 Å². The first-order chi connectivity index (χ1) is 11.1. The van der Waals surface area contributed by atoms with Crippen LogP contribution in [0, 0.1) is 0 Å². The van der Waals surface area contributed by atoms with Gasteiger partial charge >= 0.3 is 0 Å². The van der Waals surface area contributed by atoms with Crippen molar-refractivity contribution >= 4 is 33.2 Å². The summed E-state index contributed by atoms with van der Waals surface area (Å²) in [4.78, 5) is 17.4. The average Bonchev–Trinajstić information content (AvgIpc) is 3.16. The molecule has 3 rings (SSSR count). The number of rotatable bonds is 5. The molecule has 0 aliphatic rings. The molecule has 0 saturated heterocycles. The summed E-state index contributed by atoms with van der Waals surface area (Å²) in [6, 6.07) is 11.9. The number of aromatic nitrogens is 2. The standard InChI is InChI=1S/C16H14BrN3O2S/c1-10(21)18-9-13-6-7-14(23-13)16-19-15(22-20-16)8-11-2-4-12(17)5-3-11/h2-7H,8-9H2,1H3,(H,18,21). The molecular weight excluding hydrogens is 378 g/mol. The third-order valence-corrected chi connectivity index (χ3v) is 4.74. The minimum atomic E-state index is -0.0451. The van der Waals surface area contributed by atoms with Gasteiger partial charge in [0.25, 0.3) is 0 Å². The van der Waals surface area contributed by atoms with Crippen LogP contribution in [0.5, 0.6) is 0 Å². The molecule has 7 heteroatoms. The van der Waals surface area contributed by atoms with Gasteiger partial charge in [-0.3, -0.25) is 4.79 Å². The Hall–Kier alpha value is -1.99. The lowest BCUT2D eigenvalue weighted by molar-refractivity contribution is -0.119. The number of carbonyl (C=O) groups excluding carboxylic acids is 1. The second kappa shape index (κ2) is 7.06. The van der Waals surface area contributed by atoms with Crippen LogP contribution in [0.25, 0.3) is 10.7 Å². The van der Waals surface area contributed by atoms with Crippen molar-refractivity contribution < 1.29 is 9.32 Å². The zero-order valence-corrected chi connectivity index (χ0v) is 14.8. The maximum absolute atomic E-state index is 10.9. The highest BCUT2D eigenvalue weighted by Crippen LogP contribution is 2.26. The Morgan fingerprint density at radius 3 is 2.78 bits per heavy atom. The van der Waals surface area contributed by atoms with Gasteiger partial charge in [-0.25, -0.2) is 0 Å². The molecule has 23 heavy (non-hydrogen) atoms. The van der Waals surface area contributed by atoms with E-state index in [1.807, 2.05) is 36.4 Å². The third kappa shape index (κ3) is 4.27. The van der Waals surface area contributed by atoms with E-state index in [9.17, 15) is 4.79 Å². The van der Waals surface area contributed by atoms with E-state index in [1.54, 1.807) is 11.3 Å². The molecule has 5 nitrogen and oxygen atoms in total. The van der Waals surface area contributed by atoms with Crippen molar-refractivity contribution in [3.63, 3.8) is 0 Å². The van der Waals surface area contributed by atoms with E-state index < -0.39 is 0 Å². The van der Waals surface area contributed by atoms with E-state index >= 15 is 0 Å². The number of nitrogens with zero attached hydrogens (tertiary/aromatic N) is 2. The highest BCUT2D eigenvalue weighted by atomic mass is 79.9. The summed E-state index contributed by atoms with van der Waals surface area (Å²) in [5.41, 5.74) is 1.11. The lowest BCUT2D eigenvalue weighted by Gasteiger charge is -1.96. The Labute approximate surface area is 145 Å². The maximum Gasteiger partial charge on any atom is 0.231 e. The zero-order valence-electron chi connectivity index (χ0n) is 12.4. The van der Waals surface area contributed by atoms with E-state index in [0.717, 1.165) is 19.8 Å². The molecule has 0 aliphatic carbocycles. The van der Waals surface area contributed by atoms with Gasteiger partial charge in [0.1, 0.15) is 0 Å². The van der Waals surface area contributed by atoms with Gasteiger partial charge in [0.05, 0.1) is 17.8 Å². The Morgan fingerprint density at radius 2 is 2.04 bits per heavy atom. The van der Waals surface area contributed by atoms with Crippen LogP contribution in [0.15, 0.2) is 45.4 Å². The van der Waals surface area contributed by atoms with Gasteiger partial charge < -0.3 is 9.84 Å². The van der Waals surface area contributed by atoms with Gasteiger partial charge in [-0.2, -0.15) is 4.98 Å². The summed E-state index contributed by atoms with van der Waals surface area (Å²) in [6.45, 7) is 2.02. The fraction of sp³-hybridized carbons (Fsp3) is 0.188. The normalized spacial score (nSPS) is 10.7. The molecule has 2 aromatic heterocycles. The highest BCUT2D eigenvalue weighted by Gasteiger charge is 2.12. The number of amides is 1. The van der Waals surface area contributed by atoms with Crippen molar-refractivity contribution in [3.8, 4) is 10.7 Å². The molecule has 0 fully saturated rings. The van der Waals surface area contributed by atoms with E-state index in [4.69, 9.17) is 4.52 Å². The zero-order chi connectivity index (χ0) is 16.2. The number of halogens is 1. The largest absolute Gasteiger partial charge is 0.351 e. The van der Waals surface area contributed by atoms with Gasteiger partial charge in [-0.15, -0.1) is 11.3 Å². The first kappa shape index (κ1) is 15.9. The Bertz CT molecular complexity index is 811. The monoisotopic (exact) mass is 391 g/mol. The van der Waals surface area contributed by atoms with Crippen LogP contribution in [-0.4, -0.2) is 16.0 Å². The van der Waals surface area contributed by atoms with Crippen molar-refractivity contribution in [1.29, 1.82) is 0 Å². The Kier molecular flexibility index (Phi) is 4.88. The van der Waals surface area contributed by atoms with Gasteiger partial charge in [0, 0.05) is 16.3 Å². The minimum Gasteiger partial charge on any atom is -0.351 e. The molecule has 118 valence electrons. The molecule has 0 aliphatic heterocycles. The molecule has 0 saturated carbocycles. The van der Waals surface area contributed by atoms with Crippen LogP contribution in [0.2, 0.25) is 0 Å². The molecule has 0 unspecified atom stereocenters. The molecule has 0 spiro atoms. The summed E-state index contributed by atoms with van der Waals surface area (Å²) in [5.74, 6) is 1.12. The second-order valence-corrected chi connectivity index (χ2v) is 7.07. The second-order valence-electron chi connectivity index (χ2n) is 4.99. The number of thiophene rings is 1. The number of nitrogens with one attached hydrogen (secondary N) is 1. The quantitative estimate of drug-likeness (QED) is 0.718. The van der Waals surface area contributed by atoms with Crippen molar-refractivity contribution in [1.82, 2.24) is 15.5 Å². The molecule has 0 bridgehead atoms. The smallest absolute Gasteiger partial charge is 0.231 e. The third-order valence-electron chi connectivity index (χ3n) is 3.13. The first-order valence-electron chi connectivity index (χ1n) is 7.01.